The van der Waals surface area contributed by atoms with Crippen molar-refractivity contribution in [1.29, 1.82) is 5.26 Å². The van der Waals surface area contributed by atoms with Gasteiger partial charge in [-0.3, -0.25) is 9.48 Å². The lowest BCUT2D eigenvalue weighted by atomic mass is 9.98. The number of nitrogens with one attached hydrogen (secondary N) is 1. The van der Waals surface area contributed by atoms with E-state index in [0.717, 1.165) is 0 Å². The van der Waals surface area contributed by atoms with Gasteiger partial charge in [0, 0.05) is 17.9 Å². The number of halogens is 4. The second-order valence-corrected chi connectivity index (χ2v) is 7.04. The van der Waals surface area contributed by atoms with Crippen LogP contribution in [0.3, 0.4) is 0 Å². The fourth-order valence-corrected chi connectivity index (χ4v) is 3.24. The molecule has 1 heterocycles. The number of amides is 1. The number of carbonyl (C=O) groups is 1. The molecule has 0 aliphatic heterocycles. The van der Waals surface area contributed by atoms with Gasteiger partial charge in [0.15, 0.2) is 0 Å². The average molecular weight is 418 g/mol. The number of nitriles is 1. The normalized spacial score (nSPS) is 13.8. The van der Waals surface area contributed by atoms with Crippen molar-refractivity contribution in [2.45, 2.75) is 38.3 Å². The third-order valence-electron chi connectivity index (χ3n) is 4.75. The molecule has 5 nitrogen and oxygen atoms in total. The van der Waals surface area contributed by atoms with E-state index in [2.05, 4.69) is 10.4 Å². The topological polar surface area (TPSA) is 70.7 Å². The highest BCUT2D eigenvalue weighted by Gasteiger charge is 2.35. The second-order valence-electron chi connectivity index (χ2n) is 7.04. The van der Waals surface area contributed by atoms with Gasteiger partial charge >= 0.3 is 5.92 Å². The van der Waals surface area contributed by atoms with Crippen LogP contribution in [0.5, 0.6) is 0 Å². The van der Waals surface area contributed by atoms with E-state index in [0.29, 0.717) is 29.0 Å². The molecular weight excluding hydrogens is 400 g/mol. The van der Waals surface area contributed by atoms with Gasteiger partial charge in [-0.25, -0.2) is 8.78 Å². The maximum absolute atomic E-state index is 13.4. The predicted octanol–water partition coefficient (Wildman–Crippen LogP) is 4.59. The number of fused-ring (bicyclic) bond motifs is 1. The molecule has 3 rings (SSSR count). The van der Waals surface area contributed by atoms with Crippen LogP contribution in [0.1, 0.15) is 43.0 Å². The molecule has 1 N–H and O–H groups in total. The standard InChI is InChI=1S/C21H18F4N4O/c1-12(28-20(30)21(2,24)25)18(14-4-6-15(7-5-14)19(22)23)29-17-8-3-13(10-26)9-16(17)11-27-29/h3-9,11-12,18-19H,1-2H3,(H,28,30)/t12-,18-/m1/s1. The van der Waals surface area contributed by atoms with E-state index in [1.165, 1.54) is 42.1 Å². The number of carbonyl (C=O) groups excluding carboxylic acids is 1. The van der Waals surface area contributed by atoms with Crippen LogP contribution in [0, 0.1) is 11.3 Å². The van der Waals surface area contributed by atoms with Crippen molar-refractivity contribution in [2.75, 3.05) is 0 Å². The fourth-order valence-electron chi connectivity index (χ4n) is 3.24. The molecular formula is C21H18F4N4O. The summed E-state index contributed by atoms with van der Waals surface area (Å²) in [4.78, 5) is 11.8. The highest BCUT2D eigenvalue weighted by molar-refractivity contribution is 5.83. The van der Waals surface area contributed by atoms with Crippen LogP contribution in [-0.2, 0) is 4.79 Å². The Bertz CT molecular complexity index is 1100. The van der Waals surface area contributed by atoms with Crippen LogP contribution in [-0.4, -0.2) is 27.7 Å². The summed E-state index contributed by atoms with van der Waals surface area (Å²) < 4.78 is 54.2. The number of alkyl halides is 4. The van der Waals surface area contributed by atoms with Crippen molar-refractivity contribution < 1.29 is 22.4 Å². The first-order valence-corrected chi connectivity index (χ1v) is 9.06. The molecule has 1 amide bonds. The first kappa shape index (κ1) is 21.3. The molecule has 2 aromatic carbocycles. The molecule has 0 fully saturated rings. The van der Waals surface area contributed by atoms with E-state index in [9.17, 15) is 22.4 Å². The van der Waals surface area contributed by atoms with Gasteiger partial charge in [-0.15, -0.1) is 0 Å². The van der Waals surface area contributed by atoms with E-state index in [1.807, 2.05) is 6.07 Å². The zero-order chi connectivity index (χ0) is 22.1. The van der Waals surface area contributed by atoms with Crippen molar-refractivity contribution in [3.8, 4) is 6.07 Å². The van der Waals surface area contributed by atoms with Gasteiger partial charge in [0.25, 0.3) is 12.3 Å². The summed E-state index contributed by atoms with van der Waals surface area (Å²) in [5, 5.41) is 16.3. The maximum atomic E-state index is 13.4. The predicted molar refractivity (Wildman–Crippen MR) is 102 cm³/mol. The Labute approximate surface area is 169 Å². The molecule has 0 aliphatic rings. The quantitative estimate of drug-likeness (QED) is 0.595. The van der Waals surface area contributed by atoms with Crippen molar-refractivity contribution in [3.05, 3.63) is 65.4 Å². The van der Waals surface area contributed by atoms with Gasteiger partial charge in [0.2, 0.25) is 0 Å². The van der Waals surface area contributed by atoms with Gasteiger partial charge in [0.05, 0.1) is 35.4 Å². The third-order valence-corrected chi connectivity index (χ3v) is 4.75. The fraction of sp³-hybridized carbons (Fsp3) is 0.286. The van der Waals surface area contributed by atoms with Gasteiger partial charge in [-0.05, 0) is 30.7 Å². The maximum Gasteiger partial charge on any atom is 0.321 e. The molecule has 0 aliphatic carbocycles. The lowest BCUT2D eigenvalue weighted by molar-refractivity contribution is -0.143. The Morgan fingerprint density at radius 3 is 2.37 bits per heavy atom. The van der Waals surface area contributed by atoms with E-state index in [-0.39, 0.29) is 5.56 Å². The Morgan fingerprint density at radius 1 is 1.17 bits per heavy atom. The molecule has 0 radical (unpaired) electrons. The molecule has 0 bridgehead atoms. The molecule has 2 atom stereocenters. The SMILES string of the molecule is C[C@@H](NC(=O)C(C)(F)F)[C@H](c1ccc(C(F)F)cc1)n1ncc2cc(C#N)ccc21. The van der Waals surface area contributed by atoms with Crippen LogP contribution in [0.15, 0.2) is 48.7 Å². The van der Waals surface area contributed by atoms with Crippen molar-refractivity contribution in [3.63, 3.8) is 0 Å². The highest BCUT2D eigenvalue weighted by Crippen LogP contribution is 2.29. The van der Waals surface area contributed by atoms with Crippen LogP contribution in [0.25, 0.3) is 10.9 Å². The zero-order valence-corrected chi connectivity index (χ0v) is 16.1. The molecule has 0 saturated heterocycles. The molecule has 3 aromatic rings. The summed E-state index contributed by atoms with van der Waals surface area (Å²) in [5.74, 6) is -5.03. The number of rotatable bonds is 6. The van der Waals surface area contributed by atoms with Crippen LogP contribution < -0.4 is 5.32 Å². The Balaban J connectivity index is 2.08. The number of benzene rings is 2. The van der Waals surface area contributed by atoms with Crippen LogP contribution in [0.2, 0.25) is 0 Å². The van der Waals surface area contributed by atoms with Gasteiger partial charge in [-0.2, -0.15) is 19.1 Å². The third kappa shape index (κ3) is 4.27. The minimum Gasteiger partial charge on any atom is -0.346 e. The van der Waals surface area contributed by atoms with E-state index >= 15 is 0 Å². The summed E-state index contributed by atoms with van der Waals surface area (Å²) in [5.41, 5.74) is 1.34. The molecule has 0 unspecified atom stereocenters. The summed E-state index contributed by atoms with van der Waals surface area (Å²) in [6, 6.07) is 10.7. The molecule has 1 aromatic heterocycles. The van der Waals surface area contributed by atoms with Crippen molar-refractivity contribution in [1.82, 2.24) is 15.1 Å². The van der Waals surface area contributed by atoms with Crippen LogP contribution >= 0.6 is 0 Å². The summed E-state index contributed by atoms with van der Waals surface area (Å²) in [7, 11) is 0. The van der Waals surface area contributed by atoms with Gasteiger partial charge in [-0.1, -0.05) is 24.3 Å². The zero-order valence-electron chi connectivity index (χ0n) is 16.1. The lowest BCUT2D eigenvalue weighted by Crippen LogP contribution is -2.46. The minimum atomic E-state index is -3.58. The summed E-state index contributed by atoms with van der Waals surface area (Å²) >= 11 is 0. The Hall–Kier alpha value is -3.41. The smallest absolute Gasteiger partial charge is 0.321 e. The second kappa shape index (κ2) is 8.14. The molecule has 0 spiro atoms. The lowest BCUT2D eigenvalue weighted by Gasteiger charge is -2.27. The molecule has 9 heteroatoms. The Morgan fingerprint density at radius 2 is 1.80 bits per heavy atom. The first-order chi connectivity index (χ1) is 14.1. The summed E-state index contributed by atoms with van der Waals surface area (Å²) in [6.45, 7) is 2.03. The Kier molecular flexibility index (Phi) is 5.78. The van der Waals surface area contributed by atoms with E-state index in [4.69, 9.17) is 5.26 Å². The molecule has 0 saturated carbocycles. The minimum absolute atomic E-state index is 0.182. The number of hydrogen-bond acceptors (Lipinski definition) is 3. The largest absolute Gasteiger partial charge is 0.346 e. The average Bonchev–Trinajstić information content (AvgIpc) is 3.10. The monoisotopic (exact) mass is 418 g/mol. The molecule has 156 valence electrons. The summed E-state index contributed by atoms with van der Waals surface area (Å²) in [6.07, 6.45) is -1.14. The highest BCUT2D eigenvalue weighted by atomic mass is 19.3. The number of nitrogens with zero attached hydrogens (tertiary/aromatic N) is 3. The first-order valence-electron chi connectivity index (χ1n) is 9.06. The molecule has 30 heavy (non-hydrogen) atoms. The van der Waals surface area contributed by atoms with E-state index in [1.54, 1.807) is 18.2 Å². The van der Waals surface area contributed by atoms with E-state index < -0.39 is 30.3 Å². The number of hydrogen-bond donors (Lipinski definition) is 1. The van der Waals surface area contributed by atoms with Gasteiger partial charge < -0.3 is 5.32 Å². The van der Waals surface area contributed by atoms with Crippen LogP contribution in [0.4, 0.5) is 17.6 Å². The number of aromatic nitrogens is 2. The van der Waals surface area contributed by atoms with Gasteiger partial charge in [0.1, 0.15) is 0 Å². The van der Waals surface area contributed by atoms with Crippen molar-refractivity contribution in [2.24, 2.45) is 0 Å². The van der Waals surface area contributed by atoms with Crippen molar-refractivity contribution >= 4 is 16.8 Å².